The van der Waals surface area contributed by atoms with E-state index >= 15 is 0 Å². The number of hydrogen-bond acceptors (Lipinski definition) is 5. The number of aryl methyl sites for hydroxylation is 1. The summed E-state index contributed by atoms with van der Waals surface area (Å²) in [6.45, 7) is 0. The number of carboxylic acid groups (broad SMARTS) is 1. The standard InChI is InChI=1S/C11H10Br2N2O3S/c12-7-5-6(10(13)19-7)11-15-14-8(18-11)3-1-2-4-9(16)17/h5H,1-4H2,(H,16,17). The lowest BCUT2D eigenvalue weighted by atomic mass is 10.2. The zero-order valence-electron chi connectivity index (χ0n) is 9.73. The SMILES string of the molecule is O=C(O)CCCCc1nnc(-c2cc(Br)sc2Br)o1. The Balaban J connectivity index is 1.95. The first-order valence-electron chi connectivity index (χ1n) is 5.55. The Morgan fingerprint density at radius 1 is 1.37 bits per heavy atom. The first kappa shape index (κ1) is 14.7. The molecule has 0 radical (unpaired) electrons. The van der Waals surface area contributed by atoms with Crippen LogP contribution in [0.4, 0.5) is 0 Å². The van der Waals surface area contributed by atoms with Crippen molar-refractivity contribution in [1.82, 2.24) is 10.2 Å². The van der Waals surface area contributed by atoms with Crippen molar-refractivity contribution < 1.29 is 14.3 Å². The molecular weight excluding hydrogens is 400 g/mol. The van der Waals surface area contributed by atoms with E-state index < -0.39 is 5.97 Å². The number of halogens is 2. The van der Waals surface area contributed by atoms with Crippen molar-refractivity contribution in [2.24, 2.45) is 0 Å². The molecule has 0 spiro atoms. The van der Waals surface area contributed by atoms with E-state index in [1.54, 1.807) is 0 Å². The predicted octanol–water partition coefficient (Wildman–Crippen LogP) is 4.12. The molecule has 2 heterocycles. The molecule has 0 atom stereocenters. The molecule has 2 aromatic heterocycles. The van der Waals surface area contributed by atoms with Crippen molar-refractivity contribution in [2.75, 3.05) is 0 Å². The van der Waals surface area contributed by atoms with E-state index in [4.69, 9.17) is 9.52 Å². The molecule has 0 saturated carbocycles. The second-order valence-corrected chi connectivity index (χ2v) is 7.59. The van der Waals surface area contributed by atoms with Gasteiger partial charge in [0.2, 0.25) is 11.8 Å². The van der Waals surface area contributed by atoms with Gasteiger partial charge in [0.25, 0.3) is 0 Å². The highest BCUT2D eigenvalue weighted by atomic mass is 79.9. The lowest BCUT2D eigenvalue weighted by Crippen LogP contribution is -1.95. The summed E-state index contributed by atoms with van der Waals surface area (Å²) >= 11 is 8.37. The summed E-state index contributed by atoms with van der Waals surface area (Å²) in [5.74, 6) is 0.231. The topological polar surface area (TPSA) is 76.2 Å². The van der Waals surface area contributed by atoms with Gasteiger partial charge in [-0.15, -0.1) is 21.5 Å². The summed E-state index contributed by atoms with van der Waals surface area (Å²) in [6, 6.07) is 1.91. The molecule has 0 bridgehead atoms. The van der Waals surface area contributed by atoms with E-state index in [1.807, 2.05) is 6.07 Å². The maximum absolute atomic E-state index is 10.4. The monoisotopic (exact) mass is 408 g/mol. The number of thiophene rings is 1. The molecule has 0 unspecified atom stereocenters. The number of carboxylic acids is 1. The number of unbranched alkanes of at least 4 members (excludes halogenated alkanes) is 1. The molecule has 2 aromatic rings. The van der Waals surface area contributed by atoms with Crippen LogP contribution in [0.1, 0.15) is 25.2 Å². The molecule has 0 aliphatic carbocycles. The summed E-state index contributed by atoms with van der Waals surface area (Å²) in [4.78, 5) is 10.4. The third kappa shape index (κ3) is 4.12. The van der Waals surface area contributed by atoms with Crippen molar-refractivity contribution in [2.45, 2.75) is 25.7 Å². The summed E-state index contributed by atoms with van der Waals surface area (Å²) in [7, 11) is 0. The molecule has 0 fully saturated rings. The summed E-state index contributed by atoms with van der Waals surface area (Å²) < 4.78 is 7.47. The third-order valence-corrected chi connectivity index (χ3v) is 4.72. The largest absolute Gasteiger partial charge is 0.481 e. The van der Waals surface area contributed by atoms with Gasteiger partial charge in [-0.2, -0.15) is 0 Å². The Kier molecular flexibility index (Phi) is 5.12. The van der Waals surface area contributed by atoms with Crippen LogP contribution in [-0.2, 0) is 11.2 Å². The van der Waals surface area contributed by atoms with Crippen molar-refractivity contribution in [3.05, 3.63) is 19.5 Å². The molecular formula is C11H10Br2N2O3S. The molecule has 0 aliphatic rings. The Morgan fingerprint density at radius 2 is 2.16 bits per heavy atom. The van der Waals surface area contributed by atoms with E-state index in [0.717, 1.165) is 19.6 Å². The van der Waals surface area contributed by atoms with Crippen LogP contribution in [0.5, 0.6) is 0 Å². The first-order chi connectivity index (χ1) is 9.06. The lowest BCUT2D eigenvalue weighted by molar-refractivity contribution is -0.137. The number of rotatable bonds is 6. The number of hydrogen-bond donors (Lipinski definition) is 1. The Morgan fingerprint density at radius 3 is 2.79 bits per heavy atom. The second-order valence-electron chi connectivity index (χ2n) is 3.84. The summed E-state index contributed by atoms with van der Waals surface area (Å²) in [6.07, 6.45) is 2.11. The summed E-state index contributed by atoms with van der Waals surface area (Å²) in [5, 5.41) is 16.5. The minimum absolute atomic E-state index is 0.171. The normalized spacial score (nSPS) is 10.8. The van der Waals surface area contributed by atoms with Gasteiger partial charge in [-0.1, -0.05) is 0 Å². The van der Waals surface area contributed by atoms with Crippen molar-refractivity contribution >= 4 is 49.2 Å². The van der Waals surface area contributed by atoms with E-state index in [-0.39, 0.29) is 6.42 Å². The fourth-order valence-electron chi connectivity index (χ4n) is 1.50. The van der Waals surface area contributed by atoms with Gasteiger partial charge in [0.05, 0.1) is 13.1 Å². The number of aliphatic carboxylic acids is 1. The van der Waals surface area contributed by atoms with Crippen LogP contribution in [0.25, 0.3) is 11.5 Å². The van der Waals surface area contributed by atoms with Gasteiger partial charge in [-0.3, -0.25) is 4.79 Å². The maximum atomic E-state index is 10.4. The van der Waals surface area contributed by atoms with Crippen LogP contribution in [0.3, 0.4) is 0 Å². The van der Waals surface area contributed by atoms with E-state index in [1.165, 1.54) is 11.3 Å². The zero-order valence-corrected chi connectivity index (χ0v) is 13.7. The van der Waals surface area contributed by atoms with Crippen LogP contribution in [0.15, 0.2) is 18.1 Å². The van der Waals surface area contributed by atoms with Crippen LogP contribution < -0.4 is 0 Å². The van der Waals surface area contributed by atoms with Gasteiger partial charge in [-0.05, 0) is 50.8 Å². The molecule has 19 heavy (non-hydrogen) atoms. The number of aromatic nitrogens is 2. The van der Waals surface area contributed by atoms with Crippen molar-refractivity contribution in [1.29, 1.82) is 0 Å². The molecule has 0 amide bonds. The van der Waals surface area contributed by atoms with Crippen LogP contribution >= 0.6 is 43.2 Å². The number of carbonyl (C=O) groups is 1. The Bertz CT molecular complexity index is 582. The van der Waals surface area contributed by atoms with E-state index in [0.29, 0.717) is 24.6 Å². The van der Waals surface area contributed by atoms with Gasteiger partial charge < -0.3 is 9.52 Å². The second kappa shape index (κ2) is 6.62. The third-order valence-electron chi connectivity index (χ3n) is 2.39. The highest BCUT2D eigenvalue weighted by molar-refractivity contribution is 9.12. The Hall–Kier alpha value is -0.730. The average Bonchev–Trinajstić information content (AvgIpc) is 2.91. The quantitative estimate of drug-likeness (QED) is 0.726. The van der Waals surface area contributed by atoms with E-state index in [2.05, 4.69) is 42.1 Å². The smallest absolute Gasteiger partial charge is 0.303 e. The molecule has 102 valence electrons. The van der Waals surface area contributed by atoms with Crippen LogP contribution in [0, 0.1) is 0 Å². The highest BCUT2D eigenvalue weighted by Gasteiger charge is 2.14. The van der Waals surface area contributed by atoms with Gasteiger partial charge in [-0.25, -0.2) is 0 Å². The minimum Gasteiger partial charge on any atom is -0.481 e. The maximum Gasteiger partial charge on any atom is 0.303 e. The van der Waals surface area contributed by atoms with E-state index in [9.17, 15) is 4.79 Å². The molecule has 1 N–H and O–H groups in total. The zero-order chi connectivity index (χ0) is 13.8. The first-order valence-corrected chi connectivity index (χ1v) is 7.96. The molecule has 0 saturated heterocycles. The molecule has 8 heteroatoms. The van der Waals surface area contributed by atoms with Crippen LogP contribution in [-0.4, -0.2) is 21.3 Å². The fourth-order valence-corrected chi connectivity index (χ4v) is 4.28. The molecule has 0 aromatic carbocycles. The lowest BCUT2D eigenvalue weighted by Gasteiger charge is -1.94. The number of nitrogens with zero attached hydrogens (tertiary/aromatic N) is 2. The van der Waals surface area contributed by atoms with Gasteiger partial charge in [0.15, 0.2) is 0 Å². The summed E-state index contributed by atoms with van der Waals surface area (Å²) in [5.41, 5.74) is 0.862. The fraction of sp³-hybridized carbons (Fsp3) is 0.364. The van der Waals surface area contributed by atoms with Gasteiger partial charge in [0.1, 0.15) is 0 Å². The minimum atomic E-state index is -0.779. The Labute approximate surface area is 130 Å². The van der Waals surface area contributed by atoms with Gasteiger partial charge in [0, 0.05) is 12.8 Å². The molecule has 5 nitrogen and oxygen atoms in total. The van der Waals surface area contributed by atoms with Crippen molar-refractivity contribution in [3.8, 4) is 11.5 Å². The predicted molar refractivity (Wildman–Crippen MR) is 78.2 cm³/mol. The average molecular weight is 410 g/mol. The highest BCUT2D eigenvalue weighted by Crippen LogP contribution is 2.37. The van der Waals surface area contributed by atoms with Crippen molar-refractivity contribution in [3.63, 3.8) is 0 Å². The van der Waals surface area contributed by atoms with Crippen LogP contribution in [0.2, 0.25) is 0 Å². The molecule has 0 aliphatic heterocycles. The molecule has 2 rings (SSSR count). The van der Waals surface area contributed by atoms with Gasteiger partial charge >= 0.3 is 5.97 Å².